The molecule has 0 aliphatic heterocycles. The summed E-state index contributed by atoms with van der Waals surface area (Å²) in [5.74, 6) is -0.216. The minimum absolute atomic E-state index is 0.216. The van der Waals surface area contributed by atoms with Gasteiger partial charge in [-0.15, -0.1) is 11.3 Å². The predicted octanol–water partition coefficient (Wildman–Crippen LogP) is 0.784. The monoisotopic (exact) mass is 200 g/mol. The molecule has 7 heteroatoms. The van der Waals surface area contributed by atoms with Crippen molar-refractivity contribution in [2.24, 2.45) is 10.7 Å². The molecule has 1 heterocycles. The van der Waals surface area contributed by atoms with Gasteiger partial charge in [0.05, 0.1) is 0 Å². The number of nitrogens with zero attached hydrogens (tertiary/aromatic N) is 2. The number of rotatable bonds is 2. The van der Waals surface area contributed by atoms with Gasteiger partial charge in [0.2, 0.25) is 0 Å². The zero-order valence-corrected chi connectivity index (χ0v) is 7.67. The molecule has 0 spiro atoms. The van der Waals surface area contributed by atoms with E-state index in [2.05, 4.69) is 4.99 Å². The number of hydrazine groups is 1. The summed E-state index contributed by atoms with van der Waals surface area (Å²) in [6.07, 6.45) is 0. The quantitative estimate of drug-likeness (QED) is 0.319. The Morgan fingerprint density at radius 2 is 2.54 bits per heavy atom. The highest BCUT2D eigenvalue weighted by molar-refractivity contribution is 7.14. The van der Waals surface area contributed by atoms with E-state index in [0.29, 0.717) is 5.00 Å². The van der Waals surface area contributed by atoms with Crippen LogP contribution in [0.25, 0.3) is 0 Å². The van der Waals surface area contributed by atoms with Crippen LogP contribution >= 0.6 is 11.3 Å². The summed E-state index contributed by atoms with van der Waals surface area (Å²) in [7, 11) is 0. The Morgan fingerprint density at radius 1 is 1.85 bits per heavy atom. The Morgan fingerprint density at radius 3 is 3.00 bits per heavy atom. The van der Waals surface area contributed by atoms with E-state index in [9.17, 15) is 10.1 Å². The predicted molar refractivity (Wildman–Crippen MR) is 50.5 cm³/mol. The van der Waals surface area contributed by atoms with E-state index in [1.54, 1.807) is 11.5 Å². The molecule has 6 nitrogen and oxygen atoms in total. The fourth-order valence-electron chi connectivity index (χ4n) is 0.712. The largest absolute Gasteiger partial charge is 0.365 e. The average molecular weight is 200 g/mol. The molecule has 0 saturated carbocycles. The first kappa shape index (κ1) is 9.46. The highest BCUT2D eigenvalue weighted by Crippen LogP contribution is 2.22. The lowest BCUT2D eigenvalue weighted by molar-refractivity contribution is -0.525. The summed E-state index contributed by atoms with van der Waals surface area (Å²) in [5.41, 5.74) is 8.03. The fourth-order valence-corrected chi connectivity index (χ4v) is 1.49. The van der Waals surface area contributed by atoms with Gasteiger partial charge in [-0.2, -0.15) is 0 Å². The molecule has 0 amide bonds. The number of nitrogens with one attached hydrogen (secondary N) is 1. The molecule has 70 valence electrons. The van der Waals surface area contributed by atoms with Crippen molar-refractivity contribution in [3.63, 3.8) is 0 Å². The number of nitro groups is 1. The maximum atomic E-state index is 9.94. The SMILES string of the molecule is Cc1csc(N=C(N)N[N+](=O)[O-])c1. The number of guanidine groups is 1. The van der Waals surface area contributed by atoms with Crippen molar-refractivity contribution in [2.75, 3.05) is 0 Å². The van der Waals surface area contributed by atoms with E-state index in [4.69, 9.17) is 5.73 Å². The van der Waals surface area contributed by atoms with Crippen LogP contribution in [0, 0.1) is 17.0 Å². The number of thiophene rings is 1. The van der Waals surface area contributed by atoms with E-state index in [0.717, 1.165) is 5.56 Å². The molecule has 1 aromatic heterocycles. The Hall–Kier alpha value is -1.63. The molecule has 0 radical (unpaired) electrons. The van der Waals surface area contributed by atoms with Crippen molar-refractivity contribution < 1.29 is 5.03 Å². The van der Waals surface area contributed by atoms with Gasteiger partial charge >= 0.3 is 0 Å². The van der Waals surface area contributed by atoms with Crippen LogP contribution in [0.4, 0.5) is 5.00 Å². The lowest BCUT2D eigenvalue weighted by Crippen LogP contribution is -2.35. The summed E-state index contributed by atoms with van der Waals surface area (Å²) < 4.78 is 0. The topological polar surface area (TPSA) is 93.5 Å². The van der Waals surface area contributed by atoms with Crippen LogP contribution in [0.2, 0.25) is 0 Å². The molecule has 3 N–H and O–H groups in total. The molecule has 0 aliphatic rings. The van der Waals surface area contributed by atoms with Crippen LogP contribution in [0.3, 0.4) is 0 Å². The Bertz CT molecular complexity index is 346. The zero-order valence-electron chi connectivity index (χ0n) is 6.85. The van der Waals surface area contributed by atoms with Gasteiger partial charge in [0.15, 0.2) is 5.03 Å². The van der Waals surface area contributed by atoms with E-state index in [1.165, 1.54) is 11.3 Å². The molecule has 1 aromatic rings. The van der Waals surface area contributed by atoms with Crippen LogP contribution < -0.4 is 11.2 Å². The normalized spacial score (nSPS) is 11.3. The second-order valence-electron chi connectivity index (χ2n) is 2.33. The molecule has 0 aromatic carbocycles. The third kappa shape index (κ3) is 3.08. The van der Waals surface area contributed by atoms with Gasteiger partial charge in [-0.25, -0.2) is 15.1 Å². The van der Waals surface area contributed by atoms with Gasteiger partial charge in [-0.1, -0.05) is 5.43 Å². The molecule has 0 aliphatic carbocycles. The Labute approximate surface area is 78.2 Å². The van der Waals surface area contributed by atoms with E-state index >= 15 is 0 Å². The molecule has 0 saturated heterocycles. The van der Waals surface area contributed by atoms with Crippen molar-refractivity contribution >= 4 is 22.3 Å². The fraction of sp³-hybridized carbons (Fsp3) is 0.167. The first-order valence-electron chi connectivity index (χ1n) is 3.38. The smallest absolute Gasteiger partial charge is 0.257 e. The van der Waals surface area contributed by atoms with Crippen LogP contribution in [0.15, 0.2) is 16.4 Å². The highest BCUT2D eigenvalue weighted by Gasteiger charge is 2.00. The standard InChI is InChI=1S/C6H8N4O2S/c1-4-2-5(13-3-4)8-6(7)9-10(11)12/h2-3H,1H3,(H3,7,8,9). The lowest BCUT2D eigenvalue weighted by Gasteiger charge is -1.92. The molecular weight excluding hydrogens is 192 g/mol. The minimum atomic E-state index is -0.751. The van der Waals surface area contributed by atoms with Crippen molar-refractivity contribution in [1.82, 2.24) is 5.43 Å². The maximum absolute atomic E-state index is 9.94. The Balaban J connectivity index is 2.70. The van der Waals surface area contributed by atoms with Gasteiger partial charge in [0, 0.05) is 0 Å². The van der Waals surface area contributed by atoms with Gasteiger partial charge < -0.3 is 5.73 Å². The van der Waals surface area contributed by atoms with Gasteiger partial charge in [-0.3, -0.25) is 0 Å². The molecule has 0 unspecified atom stereocenters. The van der Waals surface area contributed by atoms with E-state index in [-0.39, 0.29) is 5.96 Å². The summed E-state index contributed by atoms with van der Waals surface area (Å²) in [6, 6.07) is 1.79. The van der Waals surface area contributed by atoms with Gasteiger partial charge in [0.1, 0.15) is 5.00 Å². The molecule has 1 rings (SSSR count). The number of nitrogens with two attached hydrogens (primary N) is 1. The first-order valence-corrected chi connectivity index (χ1v) is 4.26. The number of aliphatic imine (C=N–C) groups is 1. The van der Waals surface area contributed by atoms with E-state index in [1.807, 2.05) is 12.3 Å². The average Bonchev–Trinajstić information content (AvgIpc) is 2.33. The summed E-state index contributed by atoms with van der Waals surface area (Å²) >= 11 is 1.37. The summed E-state index contributed by atoms with van der Waals surface area (Å²) in [4.78, 5) is 13.7. The molecule has 0 atom stereocenters. The second-order valence-corrected chi connectivity index (χ2v) is 3.22. The van der Waals surface area contributed by atoms with E-state index < -0.39 is 5.03 Å². The molecule has 0 bridgehead atoms. The number of hydrogen-bond donors (Lipinski definition) is 2. The molecular formula is C6H8N4O2S. The van der Waals surface area contributed by atoms with Crippen LogP contribution in [0.5, 0.6) is 0 Å². The van der Waals surface area contributed by atoms with Crippen LogP contribution in [-0.4, -0.2) is 11.0 Å². The van der Waals surface area contributed by atoms with Crippen molar-refractivity contribution in [1.29, 1.82) is 0 Å². The molecule has 13 heavy (non-hydrogen) atoms. The third-order valence-electron chi connectivity index (χ3n) is 1.15. The maximum Gasteiger partial charge on any atom is 0.257 e. The first-order chi connectivity index (χ1) is 6.08. The van der Waals surface area contributed by atoms with Crippen LogP contribution in [0.1, 0.15) is 5.56 Å². The number of aryl methyl sites for hydroxylation is 1. The van der Waals surface area contributed by atoms with Crippen LogP contribution in [-0.2, 0) is 0 Å². The van der Waals surface area contributed by atoms with Gasteiger partial charge in [-0.05, 0) is 23.9 Å². The second kappa shape index (κ2) is 3.85. The van der Waals surface area contributed by atoms with Crippen molar-refractivity contribution in [3.05, 3.63) is 27.1 Å². The zero-order chi connectivity index (χ0) is 9.84. The minimum Gasteiger partial charge on any atom is -0.365 e. The molecule has 0 fully saturated rings. The van der Waals surface area contributed by atoms with Crippen molar-refractivity contribution in [3.8, 4) is 0 Å². The van der Waals surface area contributed by atoms with Crippen molar-refractivity contribution in [2.45, 2.75) is 6.92 Å². The highest BCUT2D eigenvalue weighted by atomic mass is 32.1. The van der Waals surface area contributed by atoms with Gasteiger partial charge in [0.25, 0.3) is 5.96 Å². The number of hydrogen-bond acceptors (Lipinski definition) is 4. The summed E-state index contributed by atoms with van der Waals surface area (Å²) in [5, 5.41) is 11.7. The summed E-state index contributed by atoms with van der Waals surface area (Å²) in [6.45, 7) is 1.91. The third-order valence-corrected chi connectivity index (χ3v) is 2.09. The Kier molecular flexibility index (Phi) is 2.80. The lowest BCUT2D eigenvalue weighted by atomic mass is 10.4.